The SMILES string of the molecule is Cc1cc(OC(F)F)ccc1N. The van der Waals surface area contributed by atoms with E-state index in [1.807, 2.05) is 0 Å². The molecule has 0 saturated heterocycles. The summed E-state index contributed by atoms with van der Waals surface area (Å²) < 4.78 is 27.6. The molecule has 0 heterocycles. The summed E-state index contributed by atoms with van der Waals surface area (Å²) in [5.41, 5.74) is 6.77. The fraction of sp³-hybridized carbons (Fsp3) is 0.250. The van der Waals surface area contributed by atoms with E-state index >= 15 is 0 Å². The molecule has 1 aromatic rings. The molecule has 0 spiro atoms. The van der Waals surface area contributed by atoms with E-state index in [1.54, 1.807) is 6.92 Å². The molecule has 0 bridgehead atoms. The molecule has 2 N–H and O–H groups in total. The molecule has 4 heteroatoms. The molecule has 0 aliphatic rings. The minimum atomic E-state index is -2.78. The molecule has 0 saturated carbocycles. The van der Waals surface area contributed by atoms with Crippen molar-refractivity contribution < 1.29 is 13.5 Å². The van der Waals surface area contributed by atoms with Crippen molar-refractivity contribution in [1.29, 1.82) is 0 Å². The van der Waals surface area contributed by atoms with Gasteiger partial charge in [-0.15, -0.1) is 0 Å². The van der Waals surface area contributed by atoms with Crippen LogP contribution in [0.4, 0.5) is 14.5 Å². The molecule has 0 radical (unpaired) electrons. The summed E-state index contributed by atoms with van der Waals surface area (Å²) in [4.78, 5) is 0. The maximum atomic E-state index is 11.7. The first-order chi connectivity index (χ1) is 5.59. The van der Waals surface area contributed by atoms with Gasteiger partial charge in [0.15, 0.2) is 0 Å². The fourth-order valence-electron chi connectivity index (χ4n) is 0.824. The molecule has 2 nitrogen and oxygen atoms in total. The van der Waals surface area contributed by atoms with E-state index in [0.717, 1.165) is 5.56 Å². The van der Waals surface area contributed by atoms with Crippen LogP contribution < -0.4 is 10.5 Å². The summed E-state index contributed by atoms with van der Waals surface area (Å²) in [7, 11) is 0. The molecule has 66 valence electrons. The third-order valence-electron chi connectivity index (χ3n) is 1.47. The van der Waals surface area contributed by atoms with Gasteiger partial charge in [-0.25, -0.2) is 0 Å². The zero-order valence-corrected chi connectivity index (χ0v) is 6.55. The van der Waals surface area contributed by atoms with E-state index in [2.05, 4.69) is 4.74 Å². The molecule has 1 rings (SSSR count). The minimum Gasteiger partial charge on any atom is -0.435 e. The van der Waals surface area contributed by atoms with Gasteiger partial charge in [0.2, 0.25) is 0 Å². The number of nitrogen functional groups attached to an aromatic ring is 1. The molecule has 0 unspecified atom stereocenters. The van der Waals surface area contributed by atoms with Gasteiger partial charge in [0.1, 0.15) is 5.75 Å². The van der Waals surface area contributed by atoms with Gasteiger partial charge in [-0.05, 0) is 30.7 Å². The number of alkyl halides is 2. The second-order valence-electron chi connectivity index (χ2n) is 2.40. The highest BCUT2D eigenvalue weighted by Crippen LogP contribution is 2.19. The van der Waals surface area contributed by atoms with E-state index in [9.17, 15) is 8.78 Å². The molecule has 0 atom stereocenters. The van der Waals surface area contributed by atoms with Crippen molar-refractivity contribution in [3.63, 3.8) is 0 Å². The van der Waals surface area contributed by atoms with E-state index in [4.69, 9.17) is 5.73 Å². The largest absolute Gasteiger partial charge is 0.435 e. The Hall–Kier alpha value is -1.32. The fourth-order valence-corrected chi connectivity index (χ4v) is 0.824. The molecular weight excluding hydrogens is 164 g/mol. The van der Waals surface area contributed by atoms with Gasteiger partial charge >= 0.3 is 6.61 Å². The van der Waals surface area contributed by atoms with Crippen LogP contribution in [-0.4, -0.2) is 6.61 Å². The Morgan fingerprint density at radius 1 is 1.42 bits per heavy atom. The summed E-state index contributed by atoms with van der Waals surface area (Å²) in [5.74, 6) is 0.136. The lowest BCUT2D eigenvalue weighted by Crippen LogP contribution is -2.02. The minimum absolute atomic E-state index is 0.136. The lowest BCUT2D eigenvalue weighted by atomic mass is 10.2. The smallest absolute Gasteiger partial charge is 0.387 e. The highest BCUT2D eigenvalue weighted by atomic mass is 19.3. The quantitative estimate of drug-likeness (QED) is 0.695. The van der Waals surface area contributed by atoms with Gasteiger partial charge in [0, 0.05) is 5.69 Å². The van der Waals surface area contributed by atoms with Crippen LogP contribution in [0.5, 0.6) is 5.75 Å². The first-order valence-corrected chi connectivity index (χ1v) is 3.40. The van der Waals surface area contributed by atoms with Crippen molar-refractivity contribution in [3.8, 4) is 5.75 Å². The van der Waals surface area contributed by atoms with Crippen molar-refractivity contribution in [2.45, 2.75) is 13.5 Å². The zero-order chi connectivity index (χ0) is 9.14. The Kier molecular flexibility index (Phi) is 2.47. The summed E-state index contributed by atoms with van der Waals surface area (Å²) in [6.45, 7) is -1.05. The first kappa shape index (κ1) is 8.77. The molecule has 0 fully saturated rings. The average molecular weight is 173 g/mol. The molecular formula is C8H9F2NO. The summed E-state index contributed by atoms with van der Waals surface area (Å²) in [5, 5.41) is 0. The van der Waals surface area contributed by atoms with Crippen LogP contribution in [0.25, 0.3) is 0 Å². The van der Waals surface area contributed by atoms with Gasteiger partial charge in [-0.2, -0.15) is 8.78 Å². The van der Waals surface area contributed by atoms with E-state index in [0.29, 0.717) is 5.69 Å². The van der Waals surface area contributed by atoms with Crippen molar-refractivity contribution in [1.82, 2.24) is 0 Å². The maximum Gasteiger partial charge on any atom is 0.387 e. The number of halogens is 2. The lowest BCUT2D eigenvalue weighted by Gasteiger charge is -2.05. The van der Waals surface area contributed by atoms with Gasteiger partial charge in [-0.1, -0.05) is 0 Å². The summed E-state index contributed by atoms with van der Waals surface area (Å²) in [6.07, 6.45) is 0. The molecule has 0 aliphatic heterocycles. The Morgan fingerprint density at radius 3 is 2.58 bits per heavy atom. The number of benzene rings is 1. The third-order valence-corrected chi connectivity index (χ3v) is 1.47. The van der Waals surface area contributed by atoms with Crippen LogP contribution in [0.15, 0.2) is 18.2 Å². The van der Waals surface area contributed by atoms with Crippen molar-refractivity contribution in [3.05, 3.63) is 23.8 Å². The van der Waals surface area contributed by atoms with Crippen LogP contribution >= 0.6 is 0 Å². The molecule has 0 aliphatic carbocycles. The Labute approximate surface area is 68.9 Å². The average Bonchev–Trinajstić information content (AvgIpc) is 1.96. The number of nitrogens with two attached hydrogens (primary N) is 1. The Bertz CT molecular complexity index is 276. The van der Waals surface area contributed by atoms with Gasteiger partial charge in [0.05, 0.1) is 0 Å². The molecule has 0 aromatic heterocycles. The van der Waals surface area contributed by atoms with E-state index < -0.39 is 6.61 Å². The van der Waals surface area contributed by atoms with Crippen LogP contribution in [-0.2, 0) is 0 Å². The van der Waals surface area contributed by atoms with Crippen molar-refractivity contribution in [2.24, 2.45) is 0 Å². The zero-order valence-electron chi connectivity index (χ0n) is 6.55. The number of hydrogen-bond acceptors (Lipinski definition) is 2. The molecule has 0 amide bonds. The number of anilines is 1. The Balaban J connectivity index is 2.82. The second kappa shape index (κ2) is 3.38. The highest BCUT2D eigenvalue weighted by molar-refractivity contribution is 5.49. The van der Waals surface area contributed by atoms with Gasteiger partial charge < -0.3 is 10.5 Å². The normalized spacial score (nSPS) is 10.3. The summed E-state index contributed by atoms with van der Waals surface area (Å²) in [6, 6.07) is 4.42. The number of aryl methyl sites for hydroxylation is 1. The maximum absolute atomic E-state index is 11.7. The molecule has 12 heavy (non-hydrogen) atoms. The number of hydrogen-bond donors (Lipinski definition) is 1. The van der Waals surface area contributed by atoms with E-state index in [1.165, 1.54) is 18.2 Å². The number of rotatable bonds is 2. The van der Waals surface area contributed by atoms with Crippen LogP contribution in [0.3, 0.4) is 0 Å². The second-order valence-corrected chi connectivity index (χ2v) is 2.40. The van der Waals surface area contributed by atoms with Crippen molar-refractivity contribution in [2.75, 3.05) is 5.73 Å². The monoisotopic (exact) mass is 173 g/mol. The Morgan fingerprint density at radius 2 is 2.08 bits per heavy atom. The topological polar surface area (TPSA) is 35.2 Å². The van der Waals surface area contributed by atoms with Crippen molar-refractivity contribution >= 4 is 5.69 Å². The third kappa shape index (κ3) is 2.08. The standard InChI is InChI=1S/C8H9F2NO/c1-5-4-6(12-8(9)10)2-3-7(5)11/h2-4,8H,11H2,1H3. The molecule has 1 aromatic carbocycles. The predicted octanol–water partition coefficient (Wildman–Crippen LogP) is 2.18. The lowest BCUT2D eigenvalue weighted by molar-refractivity contribution is -0.0498. The number of ether oxygens (including phenoxy) is 1. The van der Waals surface area contributed by atoms with Crippen LogP contribution in [0.2, 0.25) is 0 Å². The highest BCUT2D eigenvalue weighted by Gasteiger charge is 2.04. The van der Waals surface area contributed by atoms with Gasteiger partial charge in [0.25, 0.3) is 0 Å². The first-order valence-electron chi connectivity index (χ1n) is 3.40. The van der Waals surface area contributed by atoms with E-state index in [-0.39, 0.29) is 5.75 Å². The van der Waals surface area contributed by atoms with Crippen LogP contribution in [0.1, 0.15) is 5.56 Å². The predicted molar refractivity (Wildman–Crippen MR) is 42.2 cm³/mol. The van der Waals surface area contributed by atoms with Crippen LogP contribution in [0, 0.1) is 6.92 Å². The van der Waals surface area contributed by atoms with Gasteiger partial charge in [-0.3, -0.25) is 0 Å². The summed E-state index contributed by atoms with van der Waals surface area (Å²) >= 11 is 0.